The van der Waals surface area contributed by atoms with Gasteiger partial charge in [0.15, 0.2) is 0 Å². The molecule has 23 heteroatoms. The lowest BCUT2D eigenvalue weighted by Crippen LogP contribution is -2.54. The molecule has 0 bridgehead atoms. The fourth-order valence-corrected chi connectivity index (χ4v) is 8.06. The van der Waals surface area contributed by atoms with Gasteiger partial charge in [-0.05, 0) is 74.2 Å². The van der Waals surface area contributed by atoms with Crippen LogP contribution < -0.4 is 46.9 Å². The SMILES string of the molecule is C=CC(=O)Nc1cccc(Nc2nc(Nc3ccc(N4CCN(CC(=O)NCCCCCNC(=O)CNc5cccc6c5C(=O)N(C5CCC(=O)NC5=O)C6=O)CC4)cc3OC)ncc2C(F)(F)F)c1. The van der Waals surface area contributed by atoms with Crippen LogP contribution in [-0.2, 0) is 30.1 Å². The number of aromatic nitrogens is 2. The Hall–Kier alpha value is -8.08. The molecule has 3 aromatic carbocycles. The smallest absolute Gasteiger partial charge is 0.421 e. The van der Waals surface area contributed by atoms with Gasteiger partial charge in [0.05, 0.1) is 37.0 Å². The number of carbonyl (C=O) groups excluding carboxylic acids is 7. The van der Waals surface area contributed by atoms with Gasteiger partial charge in [0.1, 0.15) is 23.2 Å². The molecule has 4 heterocycles. The highest BCUT2D eigenvalue weighted by Gasteiger charge is 2.45. The van der Waals surface area contributed by atoms with E-state index in [1.807, 2.05) is 6.07 Å². The molecule has 7 N–H and O–H groups in total. The third-order valence-electron chi connectivity index (χ3n) is 11.6. The number of carbonyl (C=O) groups is 7. The minimum atomic E-state index is -4.77. The lowest BCUT2D eigenvalue weighted by molar-refractivity contribution is -0.138. The Morgan fingerprint density at radius 2 is 1.60 bits per heavy atom. The van der Waals surface area contributed by atoms with Gasteiger partial charge in [-0.1, -0.05) is 18.7 Å². The second-order valence-corrected chi connectivity index (χ2v) is 16.4. The number of amides is 7. The number of alkyl halides is 3. The predicted octanol–water partition coefficient (Wildman–Crippen LogP) is 4.15. The molecule has 7 amide bonds. The number of piperidine rings is 1. The van der Waals surface area contributed by atoms with Gasteiger partial charge in [-0.3, -0.25) is 48.7 Å². The number of anilines is 7. The number of fused-ring (bicyclic) bond motifs is 1. The number of rotatable bonds is 20. The Labute approximate surface area is 399 Å². The summed E-state index contributed by atoms with van der Waals surface area (Å²) in [5.74, 6) is -3.64. The van der Waals surface area contributed by atoms with Crippen molar-refractivity contribution in [3.05, 3.63) is 96.2 Å². The van der Waals surface area contributed by atoms with E-state index >= 15 is 0 Å². The summed E-state index contributed by atoms with van der Waals surface area (Å²) in [6, 6.07) is 15.0. The minimum absolute atomic E-state index is 0.00542. The van der Waals surface area contributed by atoms with Gasteiger partial charge in [-0.25, -0.2) is 4.98 Å². The number of unbranched alkanes of at least 4 members (excludes halogenated alkanes) is 2. The van der Waals surface area contributed by atoms with E-state index in [2.05, 4.69) is 63.6 Å². The highest BCUT2D eigenvalue weighted by molar-refractivity contribution is 6.25. The second kappa shape index (κ2) is 22.4. The summed E-state index contributed by atoms with van der Waals surface area (Å²) < 4.78 is 47.6. The number of benzene rings is 3. The Morgan fingerprint density at radius 3 is 2.31 bits per heavy atom. The molecule has 0 saturated carbocycles. The molecule has 7 rings (SSSR count). The molecule has 0 radical (unpaired) electrons. The van der Waals surface area contributed by atoms with Crippen molar-refractivity contribution in [1.82, 2.24) is 35.7 Å². The van der Waals surface area contributed by atoms with Crippen molar-refractivity contribution in [2.75, 3.05) is 85.6 Å². The minimum Gasteiger partial charge on any atom is -0.494 e. The number of halogens is 3. The standard InChI is InChI=1S/C47H51F3N12O8/c1-3-37(63)55-28-9-7-10-29(23-28)56-42-32(47(48,49)50)25-54-46(59-42)57-33-14-13-30(24-36(33)70-2)61-21-19-60(20-22-61)27-40(66)52-18-6-4-5-17-51-39(65)26-53-34-12-8-11-31-41(34)45(69)62(44(31)68)35-15-16-38(64)58-43(35)67/h3,7-14,23-25,35,53H,1,4-6,15-22,26-27H2,2H3,(H,51,65)(H,52,66)(H,55,63)(H,58,64,67)(H2,54,56,57,59). The van der Waals surface area contributed by atoms with Crippen LogP contribution >= 0.6 is 0 Å². The molecule has 0 spiro atoms. The van der Waals surface area contributed by atoms with Gasteiger partial charge in [0, 0.05) is 80.7 Å². The first-order chi connectivity index (χ1) is 33.6. The van der Waals surface area contributed by atoms with Crippen LogP contribution in [0.4, 0.5) is 53.4 Å². The molecule has 70 heavy (non-hydrogen) atoms. The first-order valence-electron chi connectivity index (χ1n) is 22.4. The number of methoxy groups -OCH3 is 1. The van der Waals surface area contributed by atoms with Gasteiger partial charge in [0.2, 0.25) is 35.5 Å². The number of hydrogen-bond acceptors (Lipinski definition) is 15. The number of imide groups is 2. The van der Waals surface area contributed by atoms with Gasteiger partial charge in [-0.2, -0.15) is 18.2 Å². The van der Waals surface area contributed by atoms with Crippen molar-refractivity contribution >= 4 is 81.6 Å². The highest BCUT2D eigenvalue weighted by atomic mass is 19.4. The van der Waals surface area contributed by atoms with Crippen molar-refractivity contribution in [1.29, 1.82) is 0 Å². The molecule has 368 valence electrons. The number of hydrogen-bond donors (Lipinski definition) is 7. The number of piperazine rings is 1. The van der Waals surface area contributed by atoms with Crippen LogP contribution in [0.5, 0.6) is 5.75 Å². The third kappa shape index (κ3) is 12.3. The average Bonchev–Trinajstić information content (AvgIpc) is 3.59. The Kier molecular flexibility index (Phi) is 15.9. The molecule has 2 fully saturated rings. The summed E-state index contributed by atoms with van der Waals surface area (Å²) in [6.45, 7) is 6.79. The summed E-state index contributed by atoms with van der Waals surface area (Å²) >= 11 is 0. The van der Waals surface area contributed by atoms with E-state index in [0.717, 1.165) is 23.1 Å². The molecular formula is C47H51F3N12O8. The van der Waals surface area contributed by atoms with E-state index in [-0.39, 0.29) is 66.2 Å². The molecule has 20 nitrogen and oxygen atoms in total. The lowest BCUT2D eigenvalue weighted by atomic mass is 10.0. The first kappa shape index (κ1) is 49.8. The van der Waals surface area contributed by atoms with E-state index < -0.39 is 53.1 Å². The van der Waals surface area contributed by atoms with Crippen LogP contribution in [0.15, 0.2) is 79.5 Å². The Balaban J connectivity index is 0.800. The summed E-state index contributed by atoms with van der Waals surface area (Å²) in [5.41, 5.74) is 1.18. The molecule has 1 unspecified atom stereocenters. The van der Waals surface area contributed by atoms with E-state index in [0.29, 0.717) is 75.4 Å². The van der Waals surface area contributed by atoms with E-state index in [1.54, 1.807) is 36.4 Å². The largest absolute Gasteiger partial charge is 0.494 e. The summed E-state index contributed by atoms with van der Waals surface area (Å²) in [5, 5.41) is 19.0. The molecular weight excluding hydrogens is 918 g/mol. The predicted molar refractivity (Wildman–Crippen MR) is 252 cm³/mol. The maximum atomic E-state index is 14.0. The van der Waals surface area contributed by atoms with Gasteiger partial charge >= 0.3 is 6.18 Å². The molecule has 2 saturated heterocycles. The molecule has 3 aliphatic rings. The van der Waals surface area contributed by atoms with Crippen LogP contribution in [0.2, 0.25) is 0 Å². The zero-order valence-electron chi connectivity index (χ0n) is 38.0. The quantitative estimate of drug-likeness (QED) is 0.0374. The number of ether oxygens (including phenoxy) is 1. The average molecular weight is 969 g/mol. The van der Waals surface area contributed by atoms with E-state index in [4.69, 9.17) is 4.74 Å². The Bertz CT molecular complexity index is 2680. The van der Waals surface area contributed by atoms with Crippen molar-refractivity contribution in [2.45, 2.75) is 44.3 Å². The molecule has 4 aromatic rings. The highest BCUT2D eigenvalue weighted by Crippen LogP contribution is 2.37. The monoisotopic (exact) mass is 968 g/mol. The van der Waals surface area contributed by atoms with Crippen molar-refractivity contribution in [3.63, 3.8) is 0 Å². The normalized spacial score (nSPS) is 16.0. The molecule has 3 aliphatic heterocycles. The van der Waals surface area contributed by atoms with Crippen LogP contribution in [0.25, 0.3) is 0 Å². The van der Waals surface area contributed by atoms with Crippen LogP contribution in [0.1, 0.15) is 58.4 Å². The summed E-state index contributed by atoms with van der Waals surface area (Å²) in [7, 11) is 1.47. The second-order valence-electron chi connectivity index (χ2n) is 16.4. The maximum Gasteiger partial charge on any atom is 0.421 e. The maximum absolute atomic E-state index is 14.0. The summed E-state index contributed by atoms with van der Waals surface area (Å²) in [4.78, 5) is 101. The lowest BCUT2D eigenvalue weighted by Gasteiger charge is -2.36. The number of nitrogens with one attached hydrogen (secondary N) is 7. The zero-order chi connectivity index (χ0) is 50.0. The molecule has 0 aliphatic carbocycles. The Morgan fingerprint density at radius 1 is 0.871 bits per heavy atom. The number of nitrogens with zero attached hydrogens (tertiary/aromatic N) is 5. The zero-order valence-corrected chi connectivity index (χ0v) is 38.0. The van der Waals surface area contributed by atoms with Gasteiger partial charge < -0.3 is 41.5 Å². The van der Waals surface area contributed by atoms with Crippen LogP contribution in [0, 0.1) is 0 Å². The van der Waals surface area contributed by atoms with E-state index in [9.17, 15) is 46.7 Å². The first-order valence-corrected chi connectivity index (χ1v) is 22.4. The van der Waals surface area contributed by atoms with Crippen molar-refractivity contribution in [3.8, 4) is 5.75 Å². The summed E-state index contributed by atoms with van der Waals surface area (Å²) in [6.07, 6.45) is -0.875. The van der Waals surface area contributed by atoms with Gasteiger partial charge in [0.25, 0.3) is 11.8 Å². The molecule has 1 aromatic heterocycles. The topological polar surface area (TPSA) is 248 Å². The van der Waals surface area contributed by atoms with Crippen molar-refractivity contribution < 1.29 is 51.5 Å². The van der Waals surface area contributed by atoms with Crippen LogP contribution in [-0.4, -0.2) is 127 Å². The van der Waals surface area contributed by atoms with Crippen LogP contribution in [0.3, 0.4) is 0 Å². The third-order valence-corrected chi connectivity index (χ3v) is 11.6. The fourth-order valence-electron chi connectivity index (χ4n) is 8.06. The van der Waals surface area contributed by atoms with Crippen molar-refractivity contribution in [2.24, 2.45) is 0 Å². The fraction of sp³-hybridized carbons (Fsp3) is 0.340. The van der Waals surface area contributed by atoms with E-state index in [1.165, 1.54) is 25.3 Å². The molecule has 1 atom stereocenters. The van der Waals surface area contributed by atoms with Gasteiger partial charge in [-0.15, -0.1) is 0 Å².